The third kappa shape index (κ3) is 3.18. The number of carbonyl (C=O) groups excluding carboxylic acids is 1. The van der Waals surface area contributed by atoms with Gasteiger partial charge in [0.15, 0.2) is 0 Å². The maximum absolute atomic E-state index is 12.4. The van der Waals surface area contributed by atoms with Crippen molar-refractivity contribution in [2.45, 2.75) is 25.2 Å². The maximum Gasteiger partial charge on any atom is 0.254 e. The molecule has 8 heteroatoms. The highest BCUT2D eigenvalue weighted by Crippen LogP contribution is 2.20. The number of fused-ring (bicyclic) bond motifs is 1. The van der Waals surface area contributed by atoms with Gasteiger partial charge >= 0.3 is 0 Å². The number of nitrogens with one attached hydrogen (secondary N) is 1. The van der Waals surface area contributed by atoms with E-state index in [0.29, 0.717) is 5.78 Å². The van der Waals surface area contributed by atoms with Crippen LogP contribution in [0.1, 0.15) is 17.0 Å². The number of nitrogens with two attached hydrogens (primary N) is 1. The first-order chi connectivity index (χ1) is 11.5. The second-order valence-electron chi connectivity index (χ2n) is 5.40. The van der Waals surface area contributed by atoms with Gasteiger partial charge in [0, 0.05) is 27.5 Å². The SMILES string of the molecule is CSc1cccc(NC(=O)Cc2c(C)nc3nc(N)nn3c2C)c1. The van der Waals surface area contributed by atoms with E-state index in [4.69, 9.17) is 5.73 Å². The van der Waals surface area contributed by atoms with E-state index in [1.165, 1.54) is 0 Å². The molecule has 1 amide bonds. The van der Waals surface area contributed by atoms with Gasteiger partial charge in [0.1, 0.15) is 0 Å². The second kappa shape index (κ2) is 6.48. The summed E-state index contributed by atoms with van der Waals surface area (Å²) in [6, 6.07) is 7.74. The van der Waals surface area contributed by atoms with Crippen LogP contribution in [0.15, 0.2) is 29.2 Å². The fourth-order valence-corrected chi connectivity index (χ4v) is 3.01. The number of nitrogens with zero attached hydrogens (tertiary/aromatic N) is 4. The predicted octanol–water partition coefficient (Wildman–Crippen LogP) is 2.23. The van der Waals surface area contributed by atoms with Gasteiger partial charge in [-0.1, -0.05) is 6.07 Å². The van der Waals surface area contributed by atoms with E-state index in [1.54, 1.807) is 16.3 Å². The predicted molar refractivity (Wildman–Crippen MR) is 95.2 cm³/mol. The Bertz CT molecular complexity index is 920. The van der Waals surface area contributed by atoms with Gasteiger partial charge in [-0.15, -0.1) is 16.9 Å². The van der Waals surface area contributed by atoms with Crippen molar-refractivity contribution in [1.29, 1.82) is 0 Å². The number of hydrogen-bond acceptors (Lipinski definition) is 6. The number of thioether (sulfide) groups is 1. The van der Waals surface area contributed by atoms with Crippen LogP contribution in [0.5, 0.6) is 0 Å². The second-order valence-corrected chi connectivity index (χ2v) is 6.28. The van der Waals surface area contributed by atoms with Crippen LogP contribution in [-0.4, -0.2) is 31.7 Å². The zero-order valence-corrected chi connectivity index (χ0v) is 14.5. The quantitative estimate of drug-likeness (QED) is 0.706. The summed E-state index contributed by atoms with van der Waals surface area (Å²) in [6.45, 7) is 3.74. The molecule has 3 rings (SSSR count). The summed E-state index contributed by atoms with van der Waals surface area (Å²) in [5, 5.41) is 7.04. The lowest BCUT2D eigenvalue weighted by Gasteiger charge is -2.11. The number of anilines is 2. The molecule has 0 bridgehead atoms. The number of carbonyl (C=O) groups is 1. The van der Waals surface area contributed by atoms with E-state index >= 15 is 0 Å². The Kier molecular flexibility index (Phi) is 4.39. The van der Waals surface area contributed by atoms with Gasteiger partial charge in [0.05, 0.1) is 6.42 Å². The first kappa shape index (κ1) is 16.3. The molecule has 0 saturated heterocycles. The van der Waals surface area contributed by atoms with Gasteiger partial charge in [-0.3, -0.25) is 4.79 Å². The Balaban J connectivity index is 1.84. The molecule has 0 fully saturated rings. The molecule has 3 aromatic rings. The van der Waals surface area contributed by atoms with Crippen molar-refractivity contribution in [1.82, 2.24) is 19.6 Å². The average Bonchev–Trinajstić information content (AvgIpc) is 2.92. The van der Waals surface area contributed by atoms with Crippen molar-refractivity contribution in [3.8, 4) is 0 Å². The molecule has 0 aliphatic carbocycles. The molecule has 2 heterocycles. The lowest BCUT2D eigenvalue weighted by molar-refractivity contribution is -0.115. The normalized spacial score (nSPS) is 11.0. The summed E-state index contributed by atoms with van der Waals surface area (Å²) >= 11 is 1.63. The highest BCUT2D eigenvalue weighted by molar-refractivity contribution is 7.98. The molecule has 0 aliphatic rings. The van der Waals surface area contributed by atoms with Gasteiger partial charge in [-0.2, -0.15) is 9.50 Å². The molecule has 7 nitrogen and oxygen atoms in total. The van der Waals surface area contributed by atoms with Gasteiger partial charge < -0.3 is 11.1 Å². The van der Waals surface area contributed by atoms with Crippen molar-refractivity contribution in [2.75, 3.05) is 17.3 Å². The topological polar surface area (TPSA) is 98.2 Å². The summed E-state index contributed by atoms with van der Waals surface area (Å²) in [6.07, 6.45) is 2.21. The summed E-state index contributed by atoms with van der Waals surface area (Å²) in [5.74, 6) is 0.508. The van der Waals surface area contributed by atoms with Crippen LogP contribution in [0, 0.1) is 13.8 Å². The van der Waals surface area contributed by atoms with E-state index in [0.717, 1.165) is 27.5 Å². The number of amides is 1. The van der Waals surface area contributed by atoms with Gasteiger partial charge in [-0.05, 0) is 38.3 Å². The molecule has 3 N–H and O–H groups in total. The maximum atomic E-state index is 12.4. The molecular weight excluding hydrogens is 324 g/mol. The fraction of sp³-hybridized carbons (Fsp3) is 0.250. The summed E-state index contributed by atoms with van der Waals surface area (Å²) < 4.78 is 1.57. The molecule has 0 aliphatic heterocycles. The third-order valence-corrected chi connectivity index (χ3v) is 4.48. The standard InChI is InChI=1S/C16H18N6OS/c1-9-13(10(2)22-16(18-9)20-15(17)21-22)8-14(23)19-11-5-4-6-12(7-11)24-3/h4-7H,8H2,1-3H3,(H2,17,21)(H,19,23). The lowest BCUT2D eigenvalue weighted by Crippen LogP contribution is -2.17. The average molecular weight is 342 g/mol. The minimum absolute atomic E-state index is 0.103. The fourth-order valence-electron chi connectivity index (χ4n) is 2.55. The van der Waals surface area contributed by atoms with Crippen LogP contribution in [0.4, 0.5) is 11.6 Å². The van der Waals surface area contributed by atoms with E-state index < -0.39 is 0 Å². The van der Waals surface area contributed by atoms with Crippen LogP contribution in [0.3, 0.4) is 0 Å². The lowest BCUT2D eigenvalue weighted by atomic mass is 10.1. The molecule has 0 spiro atoms. The van der Waals surface area contributed by atoms with Crippen molar-refractivity contribution in [3.05, 3.63) is 41.2 Å². The van der Waals surface area contributed by atoms with Crippen molar-refractivity contribution < 1.29 is 4.79 Å². The Labute approximate surface area is 143 Å². The number of nitrogen functional groups attached to an aromatic ring is 1. The molecule has 0 saturated carbocycles. The number of hydrogen-bond donors (Lipinski definition) is 2. The molecule has 0 atom stereocenters. The van der Waals surface area contributed by atoms with E-state index in [-0.39, 0.29) is 18.3 Å². The van der Waals surface area contributed by atoms with E-state index in [2.05, 4.69) is 20.4 Å². The largest absolute Gasteiger partial charge is 0.366 e. The van der Waals surface area contributed by atoms with Crippen LogP contribution < -0.4 is 11.1 Å². The first-order valence-corrected chi connectivity index (χ1v) is 8.62. The molecule has 2 aromatic heterocycles. The van der Waals surface area contributed by atoms with Crippen molar-refractivity contribution >= 4 is 35.1 Å². The monoisotopic (exact) mass is 342 g/mol. The minimum atomic E-state index is -0.103. The number of benzene rings is 1. The third-order valence-electron chi connectivity index (χ3n) is 3.76. The summed E-state index contributed by atoms with van der Waals surface area (Å²) in [7, 11) is 0. The van der Waals surface area contributed by atoms with E-state index in [1.807, 2.05) is 44.4 Å². The zero-order chi connectivity index (χ0) is 17.3. The highest BCUT2D eigenvalue weighted by Gasteiger charge is 2.15. The molecule has 1 aromatic carbocycles. The number of aromatic nitrogens is 4. The van der Waals surface area contributed by atoms with Crippen LogP contribution in [-0.2, 0) is 11.2 Å². The smallest absolute Gasteiger partial charge is 0.254 e. The number of aryl methyl sites for hydroxylation is 2. The van der Waals surface area contributed by atoms with Gasteiger partial charge in [0.25, 0.3) is 5.78 Å². The summed E-state index contributed by atoms with van der Waals surface area (Å²) in [5.41, 5.74) is 8.79. The zero-order valence-electron chi connectivity index (χ0n) is 13.7. The van der Waals surface area contributed by atoms with Gasteiger partial charge in [-0.25, -0.2) is 4.98 Å². The van der Waals surface area contributed by atoms with Crippen LogP contribution >= 0.6 is 11.8 Å². The Morgan fingerprint density at radius 2 is 2.12 bits per heavy atom. The Morgan fingerprint density at radius 1 is 1.33 bits per heavy atom. The highest BCUT2D eigenvalue weighted by atomic mass is 32.2. The Morgan fingerprint density at radius 3 is 2.88 bits per heavy atom. The minimum Gasteiger partial charge on any atom is -0.366 e. The number of rotatable bonds is 4. The first-order valence-electron chi connectivity index (χ1n) is 7.40. The van der Waals surface area contributed by atoms with E-state index in [9.17, 15) is 4.79 Å². The molecule has 124 valence electrons. The van der Waals surface area contributed by atoms with Crippen molar-refractivity contribution in [2.24, 2.45) is 0 Å². The van der Waals surface area contributed by atoms with Crippen LogP contribution in [0.2, 0.25) is 0 Å². The molecule has 24 heavy (non-hydrogen) atoms. The molecule has 0 radical (unpaired) electrons. The van der Waals surface area contributed by atoms with Crippen molar-refractivity contribution in [3.63, 3.8) is 0 Å². The Hall–Kier alpha value is -2.61. The summed E-state index contributed by atoms with van der Waals surface area (Å²) in [4.78, 5) is 21.9. The molecule has 0 unspecified atom stereocenters. The molecular formula is C16H18N6OS. The van der Waals surface area contributed by atoms with Crippen LogP contribution in [0.25, 0.3) is 5.78 Å². The van der Waals surface area contributed by atoms with Gasteiger partial charge in [0.2, 0.25) is 11.9 Å².